The molecule has 0 aliphatic rings. The molecule has 0 radical (unpaired) electrons. The summed E-state index contributed by atoms with van der Waals surface area (Å²) in [5, 5.41) is 11.2. The van der Waals surface area contributed by atoms with Crippen molar-refractivity contribution in [2.75, 3.05) is 6.54 Å². The Balaban J connectivity index is 2.11. The van der Waals surface area contributed by atoms with Gasteiger partial charge in [0.05, 0.1) is 0 Å². The van der Waals surface area contributed by atoms with Crippen LogP contribution in [0.2, 0.25) is 0 Å². The van der Waals surface area contributed by atoms with Gasteiger partial charge in [0.25, 0.3) is 5.91 Å². The van der Waals surface area contributed by atoms with E-state index in [4.69, 9.17) is 5.11 Å². The second kappa shape index (κ2) is 7.38. The summed E-state index contributed by atoms with van der Waals surface area (Å²) < 4.78 is 0. The minimum absolute atomic E-state index is 0.189. The van der Waals surface area contributed by atoms with Gasteiger partial charge in [0.15, 0.2) is 0 Å². The van der Waals surface area contributed by atoms with Crippen LogP contribution in [0, 0.1) is 0 Å². The van der Waals surface area contributed by atoms with Gasteiger partial charge in [-0.2, -0.15) is 0 Å². The highest BCUT2D eigenvalue weighted by Gasteiger charge is 2.04. The topological polar surface area (TPSA) is 79.3 Å². The van der Waals surface area contributed by atoms with Crippen molar-refractivity contribution in [2.45, 2.75) is 25.7 Å². The quantitative estimate of drug-likeness (QED) is 0.702. The summed E-state index contributed by atoms with van der Waals surface area (Å²) in [5.74, 6) is -0.966. The van der Waals surface area contributed by atoms with Crippen LogP contribution >= 0.6 is 0 Å². The summed E-state index contributed by atoms with van der Waals surface area (Å²) >= 11 is 0. The number of aliphatic carboxylic acids is 1. The minimum Gasteiger partial charge on any atom is -0.481 e. The molecule has 1 rings (SSSR count). The second-order valence-corrected chi connectivity index (χ2v) is 3.68. The van der Waals surface area contributed by atoms with Crippen LogP contribution in [0.25, 0.3) is 0 Å². The Labute approximate surface area is 99.9 Å². The number of carboxylic acids is 1. The summed E-state index contributed by atoms with van der Waals surface area (Å²) in [6, 6.07) is 5.16. The van der Waals surface area contributed by atoms with Crippen molar-refractivity contribution in [3.05, 3.63) is 30.1 Å². The van der Waals surface area contributed by atoms with Gasteiger partial charge in [0.1, 0.15) is 5.69 Å². The third kappa shape index (κ3) is 5.65. The molecule has 0 aliphatic heterocycles. The van der Waals surface area contributed by atoms with E-state index in [-0.39, 0.29) is 12.3 Å². The van der Waals surface area contributed by atoms with E-state index < -0.39 is 5.97 Å². The second-order valence-electron chi connectivity index (χ2n) is 3.68. The molecule has 0 bridgehead atoms. The number of carbonyl (C=O) groups is 2. The molecule has 1 aromatic rings. The van der Waals surface area contributed by atoms with Gasteiger partial charge in [0, 0.05) is 19.2 Å². The number of carbonyl (C=O) groups excluding carboxylic acids is 1. The summed E-state index contributed by atoms with van der Waals surface area (Å²) in [5.41, 5.74) is 0.401. The summed E-state index contributed by atoms with van der Waals surface area (Å²) in [4.78, 5) is 25.7. The van der Waals surface area contributed by atoms with Crippen LogP contribution in [0.1, 0.15) is 36.2 Å². The highest BCUT2D eigenvalue weighted by molar-refractivity contribution is 5.92. The van der Waals surface area contributed by atoms with Crippen molar-refractivity contribution in [3.8, 4) is 0 Å². The molecule has 1 heterocycles. The molecule has 1 aromatic heterocycles. The van der Waals surface area contributed by atoms with Gasteiger partial charge < -0.3 is 10.4 Å². The number of nitrogens with zero attached hydrogens (tertiary/aromatic N) is 1. The van der Waals surface area contributed by atoms with Crippen LogP contribution in [-0.4, -0.2) is 28.5 Å². The maximum absolute atomic E-state index is 11.5. The molecule has 92 valence electrons. The molecule has 1 amide bonds. The molecule has 0 fully saturated rings. The number of carboxylic acid groups (broad SMARTS) is 1. The van der Waals surface area contributed by atoms with Crippen LogP contribution in [-0.2, 0) is 4.79 Å². The SMILES string of the molecule is O=C(O)CCCCCNC(=O)c1ccccn1. The average molecular weight is 236 g/mol. The zero-order chi connectivity index (χ0) is 12.5. The number of rotatable bonds is 7. The predicted molar refractivity (Wildman–Crippen MR) is 62.7 cm³/mol. The molecule has 0 saturated carbocycles. The Morgan fingerprint density at radius 3 is 2.71 bits per heavy atom. The number of amides is 1. The predicted octanol–water partition coefficient (Wildman–Crippen LogP) is 1.46. The largest absolute Gasteiger partial charge is 0.481 e. The Morgan fingerprint density at radius 2 is 2.06 bits per heavy atom. The molecule has 0 aromatic carbocycles. The molecular formula is C12H16N2O3. The number of unbranched alkanes of at least 4 members (excludes halogenated alkanes) is 2. The fourth-order valence-corrected chi connectivity index (χ4v) is 1.37. The van der Waals surface area contributed by atoms with Crippen molar-refractivity contribution in [2.24, 2.45) is 0 Å². The highest BCUT2D eigenvalue weighted by Crippen LogP contribution is 1.99. The van der Waals surface area contributed by atoms with Gasteiger partial charge in [-0.1, -0.05) is 12.5 Å². The Kier molecular flexibility index (Phi) is 5.71. The van der Waals surface area contributed by atoms with Gasteiger partial charge in [-0.05, 0) is 25.0 Å². The van der Waals surface area contributed by atoms with Gasteiger partial charge in [0.2, 0.25) is 0 Å². The highest BCUT2D eigenvalue weighted by atomic mass is 16.4. The first-order valence-corrected chi connectivity index (χ1v) is 5.61. The number of nitrogens with one attached hydrogen (secondary N) is 1. The normalized spacial score (nSPS) is 9.88. The van der Waals surface area contributed by atoms with E-state index in [1.54, 1.807) is 24.4 Å². The third-order valence-corrected chi connectivity index (χ3v) is 2.25. The first-order chi connectivity index (χ1) is 8.20. The van der Waals surface area contributed by atoms with E-state index >= 15 is 0 Å². The van der Waals surface area contributed by atoms with E-state index in [2.05, 4.69) is 10.3 Å². The zero-order valence-corrected chi connectivity index (χ0v) is 9.56. The van der Waals surface area contributed by atoms with Crippen LogP contribution in [0.15, 0.2) is 24.4 Å². The molecule has 17 heavy (non-hydrogen) atoms. The summed E-state index contributed by atoms with van der Waals surface area (Å²) in [6.07, 6.45) is 3.99. The van der Waals surface area contributed by atoms with Crippen molar-refractivity contribution < 1.29 is 14.7 Å². The molecular weight excluding hydrogens is 220 g/mol. The maximum atomic E-state index is 11.5. The van der Waals surface area contributed by atoms with E-state index in [9.17, 15) is 9.59 Å². The van der Waals surface area contributed by atoms with Gasteiger partial charge in [-0.15, -0.1) is 0 Å². The lowest BCUT2D eigenvalue weighted by Gasteiger charge is -2.03. The Bertz CT molecular complexity index is 365. The smallest absolute Gasteiger partial charge is 0.303 e. The van der Waals surface area contributed by atoms with Crippen LogP contribution in [0.5, 0.6) is 0 Å². The molecule has 0 unspecified atom stereocenters. The van der Waals surface area contributed by atoms with Crippen molar-refractivity contribution in [3.63, 3.8) is 0 Å². The number of hydrogen-bond donors (Lipinski definition) is 2. The van der Waals surface area contributed by atoms with Crippen molar-refractivity contribution in [1.82, 2.24) is 10.3 Å². The fourth-order valence-electron chi connectivity index (χ4n) is 1.37. The Morgan fingerprint density at radius 1 is 1.24 bits per heavy atom. The first-order valence-electron chi connectivity index (χ1n) is 5.61. The Hall–Kier alpha value is -1.91. The molecule has 5 heteroatoms. The lowest BCUT2D eigenvalue weighted by Crippen LogP contribution is -2.25. The number of pyridine rings is 1. The van der Waals surface area contributed by atoms with Crippen LogP contribution in [0.4, 0.5) is 0 Å². The first kappa shape index (κ1) is 13.2. The van der Waals surface area contributed by atoms with Gasteiger partial charge >= 0.3 is 5.97 Å². The third-order valence-electron chi connectivity index (χ3n) is 2.25. The number of hydrogen-bond acceptors (Lipinski definition) is 3. The van der Waals surface area contributed by atoms with Gasteiger partial charge in [-0.25, -0.2) is 0 Å². The van der Waals surface area contributed by atoms with Gasteiger partial charge in [-0.3, -0.25) is 14.6 Å². The fraction of sp³-hybridized carbons (Fsp3) is 0.417. The zero-order valence-electron chi connectivity index (χ0n) is 9.56. The minimum atomic E-state index is -0.775. The summed E-state index contributed by atoms with van der Waals surface area (Å²) in [6.45, 7) is 0.551. The maximum Gasteiger partial charge on any atom is 0.303 e. The molecule has 0 saturated heterocycles. The standard InChI is InChI=1S/C12H16N2O3/c15-11(16)7-2-1-4-9-14-12(17)10-6-3-5-8-13-10/h3,5-6,8H,1-2,4,7,9H2,(H,14,17)(H,15,16). The monoisotopic (exact) mass is 236 g/mol. The molecule has 0 atom stereocenters. The average Bonchev–Trinajstić information content (AvgIpc) is 2.34. The lowest BCUT2D eigenvalue weighted by atomic mass is 10.2. The van der Waals surface area contributed by atoms with Crippen LogP contribution < -0.4 is 5.32 Å². The van der Waals surface area contributed by atoms with Crippen molar-refractivity contribution >= 4 is 11.9 Å². The van der Waals surface area contributed by atoms with Crippen LogP contribution in [0.3, 0.4) is 0 Å². The molecule has 0 spiro atoms. The molecule has 0 aliphatic carbocycles. The van der Waals surface area contributed by atoms with E-state index in [0.29, 0.717) is 18.7 Å². The lowest BCUT2D eigenvalue weighted by molar-refractivity contribution is -0.137. The van der Waals surface area contributed by atoms with E-state index in [1.165, 1.54) is 0 Å². The molecule has 2 N–H and O–H groups in total. The summed E-state index contributed by atoms with van der Waals surface area (Å²) in [7, 11) is 0. The number of aromatic nitrogens is 1. The molecule has 5 nitrogen and oxygen atoms in total. The van der Waals surface area contributed by atoms with E-state index in [1.807, 2.05) is 0 Å². The van der Waals surface area contributed by atoms with Crippen molar-refractivity contribution in [1.29, 1.82) is 0 Å². The van der Waals surface area contributed by atoms with E-state index in [0.717, 1.165) is 12.8 Å².